The second-order valence-electron chi connectivity index (χ2n) is 7.03. The minimum absolute atomic E-state index is 0.0828. The van der Waals surface area contributed by atoms with Crippen LogP contribution in [0.4, 0.5) is 23.4 Å². The van der Waals surface area contributed by atoms with Crippen LogP contribution in [0.1, 0.15) is 18.4 Å². The summed E-state index contributed by atoms with van der Waals surface area (Å²) in [6.07, 6.45) is -1.24. The van der Waals surface area contributed by atoms with Crippen molar-refractivity contribution in [2.45, 2.75) is 25.1 Å². The fourth-order valence-corrected chi connectivity index (χ4v) is 4.16. The minimum atomic E-state index is -4.79. The van der Waals surface area contributed by atoms with Crippen LogP contribution in [0.5, 0.6) is 0 Å². The minimum Gasteiger partial charge on any atom is -0.351 e. The first-order valence-corrected chi connectivity index (χ1v) is 8.81. The van der Waals surface area contributed by atoms with Crippen molar-refractivity contribution in [3.8, 4) is 0 Å². The molecule has 142 valence electrons. The molecule has 2 aliphatic rings. The van der Waals surface area contributed by atoms with Gasteiger partial charge in [0.2, 0.25) is 0 Å². The van der Waals surface area contributed by atoms with Crippen molar-refractivity contribution in [2.24, 2.45) is 0 Å². The van der Waals surface area contributed by atoms with E-state index in [9.17, 15) is 17.6 Å². The molecule has 27 heavy (non-hydrogen) atoms. The van der Waals surface area contributed by atoms with Crippen molar-refractivity contribution >= 4 is 22.5 Å². The summed E-state index contributed by atoms with van der Waals surface area (Å²) in [6, 6.07) is 2.01. The summed E-state index contributed by atoms with van der Waals surface area (Å²) < 4.78 is 54.6. The molecule has 1 atom stereocenters. The SMILES string of the molecule is Fc1cc2nc(N3CCN4CCCC4C3)c3ncnn3c2cc1C(F)(F)F. The van der Waals surface area contributed by atoms with Crippen molar-refractivity contribution in [1.29, 1.82) is 0 Å². The van der Waals surface area contributed by atoms with Crippen molar-refractivity contribution < 1.29 is 17.6 Å². The summed E-state index contributed by atoms with van der Waals surface area (Å²) in [5.74, 6) is -0.806. The maximum absolute atomic E-state index is 14.1. The van der Waals surface area contributed by atoms with Crippen LogP contribution in [0.2, 0.25) is 0 Å². The molecule has 0 bridgehead atoms. The van der Waals surface area contributed by atoms with Gasteiger partial charge in [-0.15, -0.1) is 0 Å². The highest BCUT2D eigenvalue weighted by Crippen LogP contribution is 2.35. The van der Waals surface area contributed by atoms with E-state index >= 15 is 0 Å². The molecule has 2 fully saturated rings. The van der Waals surface area contributed by atoms with Gasteiger partial charge in [-0.05, 0) is 25.5 Å². The van der Waals surface area contributed by atoms with E-state index in [1.807, 2.05) is 0 Å². The topological polar surface area (TPSA) is 49.6 Å². The predicted molar refractivity (Wildman–Crippen MR) is 90.1 cm³/mol. The third kappa shape index (κ3) is 2.61. The molecular formula is C17H16F4N6. The number of aromatic nitrogens is 4. The van der Waals surface area contributed by atoms with Gasteiger partial charge in [0, 0.05) is 31.7 Å². The second kappa shape index (κ2) is 5.75. The van der Waals surface area contributed by atoms with Crippen LogP contribution in [0.25, 0.3) is 16.7 Å². The fraction of sp³-hybridized carbons (Fsp3) is 0.471. The molecular weight excluding hydrogens is 364 g/mol. The van der Waals surface area contributed by atoms with Crippen LogP contribution in [0, 0.1) is 5.82 Å². The highest BCUT2D eigenvalue weighted by Gasteiger charge is 2.36. The van der Waals surface area contributed by atoms with Gasteiger partial charge >= 0.3 is 6.18 Å². The normalized spacial score (nSPS) is 21.3. The Labute approximate surface area is 151 Å². The summed E-state index contributed by atoms with van der Waals surface area (Å²) in [4.78, 5) is 13.2. The maximum Gasteiger partial charge on any atom is 0.419 e. The van der Waals surface area contributed by atoms with Gasteiger partial charge in [-0.3, -0.25) is 4.90 Å². The fourth-order valence-electron chi connectivity index (χ4n) is 4.16. The molecule has 2 aliphatic heterocycles. The zero-order valence-electron chi connectivity index (χ0n) is 14.2. The number of rotatable bonds is 1. The summed E-state index contributed by atoms with van der Waals surface area (Å²) in [5, 5.41) is 4.06. The standard InChI is InChI=1S/C17H16F4N6/c18-12-7-13-14(6-11(12)17(19,20)21)27-15(22-9-23-27)16(24-13)26-5-4-25-3-1-2-10(25)8-26/h6-7,9-10H,1-5,8H2. The molecule has 1 aromatic carbocycles. The predicted octanol–water partition coefficient (Wildman–Crippen LogP) is 2.72. The molecule has 3 aromatic rings. The molecule has 0 amide bonds. The molecule has 6 nitrogen and oxygen atoms in total. The van der Waals surface area contributed by atoms with Gasteiger partial charge < -0.3 is 4.90 Å². The molecule has 0 spiro atoms. The molecule has 2 aromatic heterocycles. The van der Waals surface area contributed by atoms with E-state index in [1.54, 1.807) is 0 Å². The Hall–Kier alpha value is -2.49. The van der Waals surface area contributed by atoms with Gasteiger partial charge in [-0.1, -0.05) is 0 Å². The van der Waals surface area contributed by atoms with Gasteiger partial charge in [0.05, 0.1) is 16.6 Å². The highest BCUT2D eigenvalue weighted by molar-refractivity contribution is 5.83. The number of hydrogen-bond donors (Lipinski definition) is 0. The van der Waals surface area contributed by atoms with E-state index < -0.39 is 17.6 Å². The van der Waals surface area contributed by atoms with Crippen molar-refractivity contribution in [3.63, 3.8) is 0 Å². The first kappa shape index (κ1) is 16.7. The third-order valence-electron chi connectivity index (χ3n) is 5.46. The number of fused-ring (bicyclic) bond motifs is 4. The Kier molecular flexibility index (Phi) is 3.55. The number of hydrogen-bond acceptors (Lipinski definition) is 5. The zero-order chi connectivity index (χ0) is 18.8. The Morgan fingerprint density at radius 2 is 1.96 bits per heavy atom. The molecule has 5 rings (SSSR count). The van der Waals surface area contributed by atoms with E-state index in [0.29, 0.717) is 17.5 Å². The van der Waals surface area contributed by atoms with Crippen LogP contribution < -0.4 is 4.90 Å². The van der Waals surface area contributed by atoms with Crippen LogP contribution in [-0.4, -0.2) is 56.7 Å². The Morgan fingerprint density at radius 1 is 1.11 bits per heavy atom. The lowest BCUT2D eigenvalue weighted by molar-refractivity contribution is -0.139. The van der Waals surface area contributed by atoms with Gasteiger partial charge in [-0.2, -0.15) is 18.3 Å². The number of halogens is 4. The van der Waals surface area contributed by atoms with Gasteiger partial charge in [0.25, 0.3) is 0 Å². The van der Waals surface area contributed by atoms with Crippen molar-refractivity contribution in [2.75, 3.05) is 31.1 Å². The molecule has 10 heteroatoms. The van der Waals surface area contributed by atoms with E-state index in [0.717, 1.165) is 51.2 Å². The Morgan fingerprint density at radius 3 is 2.78 bits per heavy atom. The van der Waals surface area contributed by atoms with E-state index in [-0.39, 0.29) is 11.0 Å². The van der Waals surface area contributed by atoms with Gasteiger partial charge in [0.15, 0.2) is 11.5 Å². The molecule has 0 radical (unpaired) electrons. The lowest BCUT2D eigenvalue weighted by atomic mass is 10.1. The number of benzene rings is 1. The molecule has 0 aliphatic carbocycles. The van der Waals surface area contributed by atoms with Gasteiger partial charge in [0.1, 0.15) is 12.1 Å². The van der Waals surface area contributed by atoms with E-state index in [4.69, 9.17) is 0 Å². The van der Waals surface area contributed by atoms with E-state index in [2.05, 4.69) is 24.9 Å². The number of alkyl halides is 3. The Bertz CT molecular complexity index is 1030. The summed E-state index contributed by atoms with van der Waals surface area (Å²) in [5.41, 5.74) is -0.739. The van der Waals surface area contributed by atoms with Crippen molar-refractivity contribution in [3.05, 3.63) is 29.8 Å². The average molecular weight is 380 g/mol. The molecule has 0 saturated carbocycles. The number of piperazine rings is 1. The van der Waals surface area contributed by atoms with Crippen LogP contribution in [0.15, 0.2) is 18.5 Å². The summed E-state index contributed by atoms with van der Waals surface area (Å²) in [7, 11) is 0. The smallest absolute Gasteiger partial charge is 0.351 e. The summed E-state index contributed by atoms with van der Waals surface area (Å²) in [6.45, 7) is 3.49. The second-order valence-corrected chi connectivity index (χ2v) is 7.03. The van der Waals surface area contributed by atoms with E-state index in [1.165, 1.54) is 10.8 Å². The third-order valence-corrected chi connectivity index (χ3v) is 5.46. The molecule has 1 unspecified atom stereocenters. The largest absolute Gasteiger partial charge is 0.419 e. The quantitative estimate of drug-likeness (QED) is 0.608. The molecule has 0 N–H and O–H groups in total. The summed E-state index contributed by atoms with van der Waals surface area (Å²) >= 11 is 0. The van der Waals surface area contributed by atoms with Crippen LogP contribution >= 0.6 is 0 Å². The lowest BCUT2D eigenvalue weighted by Gasteiger charge is -2.38. The van der Waals surface area contributed by atoms with Crippen LogP contribution in [0.3, 0.4) is 0 Å². The molecule has 4 heterocycles. The first-order valence-electron chi connectivity index (χ1n) is 8.81. The number of anilines is 1. The lowest BCUT2D eigenvalue weighted by Crippen LogP contribution is -2.50. The number of nitrogens with zero attached hydrogens (tertiary/aromatic N) is 6. The monoisotopic (exact) mass is 380 g/mol. The van der Waals surface area contributed by atoms with Crippen molar-refractivity contribution in [1.82, 2.24) is 24.5 Å². The highest BCUT2D eigenvalue weighted by atomic mass is 19.4. The molecule has 2 saturated heterocycles. The van der Waals surface area contributed by atoms with Crippen LogP contribution in [-0.2, 0) is 6.18 Å². The first-order chi connectivity index (χ1) is 12.9. The zero-order valence-corrected chi connectivity index (χ0v) is 14.2. The van der Waals surface area contributed by atoms with Gasteiger partial charge in [-0.25, -0.2) is 18.9 Å². The average Bonchev–Trinajstić information content (AvgIpc) is 3.28. The Balaban J connectivity index is 1.66. The maximum atomic E-state index is 14.1.